The Morgan fingerprint density at radius 1 is 0.846 bits per heavy atom. The summed E-state index contributed by atoms with van der Waals surface area (Å²) in [4.78, 5) is 4.44. The third-order valence-electron chi connectivity index (χ3n) is 9.06. The topological polar surface area (TPSA) is 120 Å². The van der Waals surface area contributed by atoms with E-state index >= 15 is 0 Å². The highest BCUT2D eigenvalue weighted by atomic mass is 16.5. The molecule has 3 N–H and O–H groups in total. The van der Waals surface area contributed by atoms with Crippen LogP contribution in [-0.4, -0.2) is 87.2 Å². The number of hydrogen-bond donors (Lipinski definition) is 3. The van der Waals surface area contributed by atoms with Gasteiger partial charge in [0.25, 0.3) is 0 Å². The van der Waals surface area contributed by atoms with Crippen molar-refractivity contribution in [2.75, 3.05) is 49.1 Å². The quantitative estimate of drug-likeness (QED) is 0.506. The van der Waals surface area contributed by atoms with Crippen LogP contribution >= 0.6 is 0 Å². The molecule has 3 aliphatic heterocycles. The van der Waals surface area contributed by atoms with Gasteiger partial charge in [0.05, 0.1) is 46.6 Å². The fourth-order valence-electron chi connectivity index (χ4n) is 7.61. The molecular formula is C29H38N4O6. The normalized spacial score (nSPS) is 25.7. The van der Waals surface area contributed by atoms with Crippen LogP contribution in [-0.2, 0) is 12.8 Å². The van der Waals surface area contributed by atoms with Gasteiger partial charge in [0, 0.05) is 52.0 Å². The van der Waals surface area contributed by atoms with Gasteiger partial charge in [-0.05, 0) is 40.8 Å². The number of nitriles is 1. The number of fused-ring (bicyclic) bond motifs is 7. The molecule has 3 unspecified atom stereocenters. The van der Waals surface area contributed by atoms with Crippen molar-refractivity contribution in [1.82, 2.24) is 15.1 Å². The predicted molar refractivity (Wildman–Crippen MR) is 145 cm³/mol. The third kappa shape index (κ3) is 3.56. The monoisotopic (exact) mass is 538 g/mol. The lowest BCUT2D eigenvalue weighted by molar-refractivity contribution is -0.0725. The molecule has 2 bridgehead atoms. The van der Waals surface area contributed by atoms with Crippen molar-refractivity contribution < 1.29 is 29.2 Å². The zero-order valence-corrected chi connectivity index (χ0v) is 23.9. The molecule has 1 fully saturated rings. The molecule has 0 radical (unpaired) electrons. The molecule has 3 aliphatic rings. The highest BCUT2D eigenvalue weighted by Gasteiger charge is 2.56. The number of likely N-dealkylation sites (N-methyl/N-ethyl adjacent to an activating group) is 2. The zero-order chi connectivity index (χ0) is 28.3. The first kappa shape index (κ1) is 27.2. The number of piperazine rings is 1. The minimum Gasteiger partial charge on any atom is -0.504 e. The molecule has 0 amide bonds. The van der Waals surface area contributed by atoms with E-state index in [1.165, 1.54) is 7.11 Å². The largest absolute Gasteiger partial charge is 0.504 e. The number of phenols is 2. The van der Waals surface area contributed by atoms with E-state index in [1.54, 1.807) is 21.3 Å². The molecule has 2 aromatic carbocycles. The van der Waals surface area contributed by atoms with Gasteiger partial charge >= 0.3 is 0 Å². The SMILES string of the molecule is CNCC1c2c(O)c(OC)c(C)c(OC)c2CC2[C@H]3c4c(O)c(OC)c(C)c(OC)c4CC([C@H](C#N)N12)N3C. The number of benzene rings is 2. The van der Waals surface area contributed by atoms with Crippen molar-refractivity contribution in [2.45, 2.75) is 56.9 Å². The van der Waals surface area contributed by atoms with Gasteiger partial charge in [-0.25, -0.2) is 0 Å². The summed E-state index contributed by atoms with van der Waals surface area (Å²) in [6.45, 7) is 4.25. The second-order valence-electron chi connectivity index (χ2n) is 10.6. The molecule has 0 saturated carbocycles. The van der Waals surface area contributed by atoms with E-state index in [0.717, 1.165) is 27.8 Å². The van der Waals surface area contributed by atoms with Crippen molar-refractivity contribution >= 4 is 0 Å². The van der Waals surface area contributed by atoms with E-state index in [-0.39, 0.29) is 35.7 Å². The lowest BCUT2D eigenvalue weighted by atomic mass is 9.71. The second kappa shape index (κ2) is 9.97. The number of phenolic OH excluding ortho intramolecular Hbond substituents is 2. The second-order valence-corrected chi connectivity index (χ2v) is 10.6. The highest BCUT2D eigenvalue weighted by molar-refractivity contribution is 5.67. The summed E-state index contributed by atoms with van der Waals surface area (Å²) in [5, 5.41) is 37.0. The average molecular weight is 539 g/mol. The Hall–Kier alpha value is -3.39. The molecule has 39 heavy (non-hydrogen) atoms. The number of hydrogen-bond acceptors (Lipinski definition) is 10. The highest BCUT2D eigenvalue weighted by Crippen LogP contribution is 2.58. The molecule has 10 heteroatoms. The van der Waals surface area contributed by atoms with Crippen LogP contribution < -0.4 is 24.3 Å². The van der Waals surface area contributed by atoms with E-state index in [9.17, 15) is 15.5 Å². The maximum atomic E-state index is 11.6. The number of rotatable bonds is 6. The molecular weight excluding hydrogens is 500 g/mol. The summed E-state index contributed by atoms with van der Waals surface area (Å²) in [6, 6.07) is 1.13. The van der Waals surface area contributed by atoms with Crippen LogP contribution in [0.3, 0.4) is 0 Å². The Morgan fingerprint density at radius 2 is 1.33 bits per heavy atom. The summed E-state index contributed by atoms with van der Waals surface area (Å²) in [6.07, 6.45) is 1.02. The van der Waals surface area contributed by atoms with Gasteiger partial charge in [-0.15, -0.1) is 0 Å². The summed E-state index contributed by atoms with van der Waals surface area (Å²) in [7, 11) is 10.2. The summed E-state index contributed by atoms with van der Waals surface area (Å²) in [5.74, 6) is 2.30. The number of aromatic hydroxyl groups is 2. The van der Waals surface area contributed by atoms with Crippen LogP contribution in [0.1, 0.15) is 45.5 Å². The van der Waals surface area contributed by atoms with Gasteiger partial charge in [0.2, 0.25) is 0 Å². The Kier molecular flexibility index (Phi) is 6.95. The van der Waals surface area contributed by atoms with E-state index < -0.39 is 6.04 Å². The molecule has 1 saturated heterocycles. The van der Waals surface area contributed by atoms with Gasteiger partial charge < -0.3 is 34.5 Å². The van der Waals surface area contributed by atoms with Gasteiger partial charge in [0.1, 0.15) is 17.5 Å². The molecule has 0 aliphatic carbocycles. The molecule has 0 aromatic heterocycles. The molecule has 10 nitrogen and oxygen atoms in total. The Labute approximate surface area is 229 Å². The van der Waals surface area contributed by atoms with Gasteiger partial charge in [-0.2, -0.15) is 5.26 Å². The van der Waals surface area contributed by atoms with E-state index in [4.69, 9.17) is 18.9 Å². The lowest BCUT2D eigenvalue weighted by Crippen LogP contribution is -2.68. The Morgan fingerprint density at radius 3 is 1.82 bits per heavy atom. The van der Waals surface area contributed by atoms with E-state index in [2.05, 4.69) is 21.2 Å². The van der Waals surface area contributed by atoms with Crippen LogP contribution in [0.4, 0.5) is 0 Å². The molecule has 2 aromatic rings. The Bertz CT molecular complexity index is 1360. The predicted octanol–water partition coefficient (Wildman–Crippen LogP) is 2.74. The lowest BCUT2D eigenvalue weighted by Gasteiger charge is -2.60. The first-order valence-corrected chi connectivity index (χ1v) is 13.2. The standard InChI is InChI=1S/C29H38N4O6/c1-13-26(36-5)15-10-18-23-22-16(27(37-6)14(2)29(39-8)25(22)35)9-17(32(23)4)19(11-30)33(18)20(12-31-3)21(15)24(34)28(13)38-7/h17-20,23,31,34-35H,9-10,12H2,1-8H3/t17?,18?,19-,20?,23-/m0/s1. The number of nitrogens with zero attached hydrogens (tertiary/aromatic N) is 3. The summed E-state index contributed by atoms with van der Waals surface area (Å²) in [5.41, 5.74) is 4.73. The van der Waals surface area contributed by atoms with Crippen molar-refractivity contribution in [3.8, 4) is 40.6 Å². The Balaban J connectivity index is 1.83. The van der Waals surface area contributed by atoms with Gasteiger partial charge in [0.15, 0.2) is 23.0 Å². The molecule has 5 atom stereocenters. The third-order valence-corrected chi connectivity index (χ3v) is 9.06. The minimum atomic E-state index is -0.483. The molecule has 3 heterocycles. The fraction of sp³-hybridized carbons (Fsp3) is 0.552. The molecule has 210 valence electrons. The van der Waals surface area contributed by atoms with Crippen LogP contribution in [0, 0.1) is 25.2 Å². The van der Waals surface area contributed by atoms with Crippen molar-refractivity contribution in [2.24, 2.45) is 0 Å². The van der Waals surface area contributed by atoms with Crippen molar-refractivity contribution in [3.05, 3.63) is 33.4 Å². The van der Waals surface area contributed by atoms with E-state index in [1.807, 2.05) is 27.9 Å². The number of methoxy groups -OCH3 is 4. The van der Waals surface area contributed by atoms with Crippen LogP contribution in [0.5, 0.6) is 34.5 Å². The smallest absolute Gasteiger partial charge is 0.167 e. The maximum Gasteiger partial charge on any atom is 0.167 e. The van der Waals surface area contributed by atoms with Crippen LogP contribution in [0.15, 0.2) is 0 Å². The summed E-state index contributed by atoms with van der Waals surface area (Å²) >= 11 is 0. The molecule has 0 spiro atoms. The fourth-order valence-corrected chi connectivity index (χ4v) is 7.61. The van der Waals surface area contributed by atoms with E-state index in [0.29, 0.717) is 47.9 Å². The zero-order valence-electron chi connectivity index (χ0n) is 23.9. The number of ether oxygens (including phenoxy) is 4. The van der Waals surface area contributed by atoms with Gasteiger partial charge in [-0.3, -0.25) is 9.80 Å². The van der Waals surface area contributed by atoms with Gasteiger partial charge in [-0.1, -0.05) is 0 Å². The summed E-state index contributed by atoms with van der Waals surface area (Å²) < 4.78 is 23.1. The maximum absolute atomic E-state index is 11.6. The van der Waals surface area contributed by atoms with Crippen molar-refractivity contribution in [1.29, 1.82) is 5.26 Å². The first-order chi connectivity index (χ1) is 18.7. The van der Waals surface area contributed by atoms with Crippen molar-refractivity contribution in [3.63, 3.8) is 0 Å². The average Bonchev–Trinajstić information content (AvgIpc) is 2.90. The van der Waals surface area contributed by atoms with Crippen LogP contribution in [0.25, 0.3) is 0 Å². The number of nitrogens with one attached hydrogen (secondary N) is 1. The molecule has 5 rings (SSSR count). The van der Waals surface area contributed by atoms with Crippen LogP contribution in [0.2, 0.25) is 0 Å². The minimum absolute atomic E-state index is 0.0764. The first-order valence-electron chi connectivity index (χ1n) is 13.2.